The van der Waals surface area contributed by atoms with Crippen LogP contribution >= 0.6 is 0 Å². The lowest BCUT2D eigenvalue weighted by atomic mass is 10.0. The molecule has 0 aliphatic carbocycles. The summed E-state index contributed by atoms with van der Waals surface area (Å²) >= 11 is 0. The van der Waals surface area contributed by atoms with Gasteiger partial charge in [0.25, 0.3) is 0 Å². The van der Waals surface area contributed by atoms with Crippen LogP contribution < -0.4 is 0 Å². The van der Waals surface area contributed by atoms with E-state index in [2.05, 4.69) is 24.2 Å². The summed E-state index contributed by atoms with van der Waals surface area (Å²) in [6.07, 6.45) is 3.63. The van der Waals surface area contributed by atoms with Crippen LogP contribution in [0.4, 0.5) is 0 Å². The second-order valence-electron chi connectivity index (χ2n) is 6.83. The summed E-state index contributed by atoms with van der Waals surface area (Å²) in [5.41, 5.74) is 3.74. The fourth-order valence-electron chi connectivity index (χ4n) is 3.55. The van der Waals surface area contributed by atoms with E-state index in [1.165, 1.54) is 0 Å². The van der Waals surface area contributed by atoms with Crippen molar-refractivity contribution in [2.75, 3.05) is 6.54 Å². The molecule has 1 saturated heterocycles. The zero-order valence-electron chi connectivity index (χ0n) is 14.9. The molecule has 2 heterocycles. The van der Waals surface area contributed by atoms with Crippen molar-refractivity contribution < 1.29 is 4.79 Å². The van der Waals surface area contributed by atoms with Crippen LogP contribution in [0, 0.1) is 25.2 Å². The zero-order chi connectivity index (χ0) is 17.8. The average molecular weight is 336 g/mol. The monoisotopic (exact) mass is 336 g/mol. The molecule has 1 aromatic carbocycles. The van der Waals surface area contributed by atoms with Crippen LogP contribution in [0.15, 0.2) is 30.3 Å². The zero-order valence-corrected chi connectivity index (χ0v) is 14.9. The second-order valence-corrected chi connectivity index (χ2v) is 6.83. The maximum Gasteiger partial charge on any atom is 0.227 e. The molecule has 1 fully saturated rings. The summed E-state index contributed by atoms with van der Waals surface area (Å²) in [5.74, 6) is 0.163. The van der Waals surface area contributed by atoms with E-state index in [0.29, 0.717) is 12.0 Å². The van der Waals surface area contributed by atoms with Crippen molar-refractivity contribution in [2.24, 2.45) is 0 Å². The summed E-state index contributed by atoms with van der Waals surface area (Å²) in [5, 5.41) is 13.4. The lowest BCUT2D eigenvalue weighted by Crippen LogP contribution is -2.46. The highest BCUT2D eigenvalue weighted by atomic mass is 16.2. The molecule has 0 saturated carbocycles. The molecule has 3 rings (SSSR count). The van der Waals surface area contributed by atoms with Crippen LogP contribution in [0.3, 0.4) is 0 Å². The fourth-order valence-corrected chi connectivity index (χ4v) is 3.55. The Morgan fingerprint density at radius 1 is 1.28 bits per heavy atom. The van der Waals surface area contributed by atoms with Crippen LogP contribution in [0.2, 0.25) is 0 Å². The van der Waals surface area contributed by atoms with E-state index >= 15 is 0 Å². The third kappa shape index (κ3) is 4.08. The molecule has 0 N–H and O–H groups in total. The molecule has 1 aliphatic heterocycles. The summed E-state index contributed by atoms with van der Waals surface area (Å²) in [6.45, 7) is 5.64. The molecule has 0 bridgehead atoms. The van der Waals surface area contributed by atoms with Crippen molar-refractivity contribution in [2.45, 2.75) is 52.1 Å². The Bertz CT molecular complexity index is 785. The van der Waals surface area contributed by atoms with Gasteiger partial charge in [-0.05, 0) is 56.9 Å². The van der Waals surface area contributed by atoms with Crippen LogP contribution in [0.5, 0.6) is 0 Å². The topological polar surface area (TPSA) is 61.9 Å². The first-order valence-electron chi connectivity index (χ1n) is 8.86. The van der Waals surface area contributed by atoms with E-state index in [-0.39, 0.29) is 11.9 Å². The molecular weight excluding hydrogens is 312 g/mol. The Morgan fingerprint density at radius 2 is 2.04 bits per heavy atom. The van der Waals surface area contributed by atoms with Crippen molar-refractivity contribution in [3.05, 3.63) is 52.8 Å². The minimum absolute atomic E-state index is 0.163. The highest BCUT2D eigenvalue weighted by molar-refractivity contribution is 5.79. The van der Waals surface area contributed by atoms with Crippen molar-refractivity contribution in [3.63, 3.8) is 0 Å². The number of piperidine rings is 1. The normalized spacial score (nSPS) is 17.3. The number of aromatic nitrogens is 2. The van der Waals surface area contributed by atoms with Gasteiger partial charge in [-0.15, -0.1) is 0 Å². The molecule has 0 radical (unpaired) electrons. The van der Waals surface area contributed by atoms with Crippen LogP contribution in [-0.2, 0) is 17.8 Å². The molecule has 1 aliphatic rings. The van der Waals surface area contributed by atoms with Crippen molar-refractivity contribution in [1.29, 1.82) is 5.26 Å². The standard InChI is InChI=1S/C20H24N4O/c1-15-11-16(2)24(22-15)14-19-5-3-4-10-23(19)20(25)12-17-6-8-18(13-21)9-7-17/h6-9,11,19H,3-5,10,12,14H2,1-2H3/t19-/m1/s1. The number of hydrogen-bond acceptors (Lipinski definition) is 3. The van der Waals surface area contributed by atoms with Gasteiger partial charge in [-0.25, -0.2) is 0 Å². The van der Waals surface area contributed by atoms with Crippen LogP contribution in [0.25, 0.3) is 0 Å². The van der Waals surface area contributed by atoms with Gasteiger partial charge in [-0.1, -0.05) is 12.1 Å². The molecule has 0 spiro atoms. The number of nitriles is 1. The van der Waals surface area contributed by atoms with E-state index in [1.807, 2.05) is 28.6 Å². The Hall–Kier alpha value is -2.61. The molecule has 25 heavy (non-hydrogen) atoms. The van der Waals surface area contributed by atoms with Crippen molar-refractivity contribution >= 4 is 5.91 Å². The third-order valence-corrected chi connectivity index (χ3v) is 4.87. The van der Waals surface area contributed by atoms with E-state index in [4.69, 9.17) is 5.26 Å². The molecule has 1 aromatic heterocycles. The highest BCUT2D eigenvalue weighted by Gasteiger charge is 2.27. The summed E-state index contributed by atoms with van der Waals surface area (Å²) < 4.78 is 2.02. The third-order valence-electron chi connectivity index (χ3n) is 4.87. The first kappa shape index (κ1) is 17.2. The van der Waals surface area contributed by atoms with Crippen LogP contribution in [-0.4, -0.2) is 33.2 Å². The Kier molecular flexibility index (Phi) is 5.18. The highest BCUT2D eigenvalue weighted by Crippen LogP contribution is 2.21. The fraction of sp³-hybridized carbons (Fsp3) is 0.450. The SMILES string of the molecule is Cc1cc(C)n(C[C@H]2CCCCN2C(=O)Cc2ccc(C#N)cc2)n1. The smallest absolute Gasteiger partial charge is 0.227 e. The number of aryl methyl sites for hydroxylation is 2. The average Bonchev–Trinajstić information content (AvgIpc) is 2.93. The van der Waals surface area contributed by atoms with Gasteiger partial charge < -0.3 is 4.90 Å². The minimum atomic E-state index is 0.163. The van der Waals surface area contributed by atoms with Gasteiger partial charge >= 0.3 is 0 Å². The number of amides is 1. The molecule has 0 unspecified atom stereocenters. The van der Waals surface area contributed by atoms with E-state index in [0.717, 1.165) is 49.3 Å². The maximum atomic E-state index is 12.8. The van der Waals surface area contributed by atoms with Gasteiger partial charge in [-0.3, -0.25) is 9.48 Å². The first-order chi connectivity index (χ1) is 12.1. The number of likely N-dealkylation sites (tertiary alicyclic amines) is 1. The largest absolute Gasteiger partial charge is 0.338 e. The molecule has 1 amide bonds. The lowest BCUT2D eigenvalue weighted by molar-refractivity contribution is -0.134. The Labute approximate surface area is 148 Å². The summed E-state index contributed by atoms with van der Waals surface area (Å²) in [4.78, 5) is 14.9. The Morgan fingerprint density at radius 3 is 2.68 bits per heavy atom. The molecule has 130 valence electrons. The molecular formula is C20H24N4O. The van der Waals surface area contributed by atoms with Crippen molar-refractivity contribution in [3.8, 4) is 6.07 Å². The van der Waals surface area contributed by atoms with Gasteiger partial charge in [0.05, 0.1) is 36.3 Å². The minimum Gasteiger partial charge on any atom is -0.338 e. The number of hydrogen-bond donors (Lipinski definition) is 0. The predicted octanol–water partition coefficient (Wildman–Crippen LogP) is 3.00. The molecule has 2 aromatic rings. The van der Waals surface area contributed by atoms with Gasteiger partial charge in [0.1, 0.15) is 0 Å². The van der Waals surface area contributed by atoms with E-state index < -0.39 is 0 Å². The van der Waals surface area contributed by atoms with Crippen molar-refractivity contribution in [1.82, 2.24) is 14.7 Å². The summed E-state index contributed by atoms with van der Waals surface area (Å²) in [7, 11) is 0. The number of benzene rings is 1. The molecule has 5 nitrogen and oxygen atoms in total. The number of carbonyl (C=O) groups is 1. The second kappa shape index (κ2) is 7.52. The number of rotatable bonds is 4. The van der Waals surface area contributed by atoms with Crippen LogP contribution in [0.1, 0.15) is 41.8 Å². The van der Waals surface area contributed by atoms with Gasteiger partial charge in [0, 0.05) is 12.2 Å². The predicted molar refractivity (Wildman–Crippen MR) is 95.9 cm³/mol. The lowest BCUT2D eigenvalue weighted by Gasteiger charge is -2.36. The Balaban J connectivity index is 1.70. The summed E-state index contributed by atoms with van der Waals surface area (Å²) in [6, 6.07) is 11.7. The number of nitrogens with zero attached hydrogens (tertiary/aromatic N) is 4. The molecule has 5 heteroatoms. The maximum absolute atomic E-state index is 12.8. The quantitative estimate of drug-likeness (QED) is 0.862. The molecule has 1 atom stereocenters. The number of carbonyl (C=O) groups excluding carboxylic acids is 1. The van der Waals surface area contributed by atoms with E-state index in [1.54, 1.807) is 12.1 Å². The van der Waals surface area contributed by atoms with E-state index in [9.17, 15) is 4.79 Å². The van der Waals surface area contributed by atoms with Gasteiger partial charge in [0.15, 0.2) is 0 Å². The first-order valence-corrected chi connectivity index (χ1v) is 8.86. The van der Waals surface area contributed by atoms with Gasteiger partial charge in [-0.2, -0.15) is 10.4 Å². The van der Waals surface area contributed by atoms with Gasteiger partial charge in [0.2, 0.25) is 5.91 Å².